The van der Waals surface area contributed by atoms with Crippen molar-refractivity contribution in [1.82, 2.24) is 10.1 Å². The van der Waals surface area contributed by atoms with Crippen molar-refractivity contribution in [3.63, 3.8) is 0 Å². The van der Waals surface area contributed by atoms with E-state index in [0.717, 1.165) is 12.5 Å². The Labute approximate surface area is 108 Å². The summed E-state index contributed by atoms with van der Waals surface area (Å²) in [5, 5.41) is 3.29. The van der Waals surface area contributed by atoms with Crippen LogP contribution in [0.25, 0.3) is 11.5 Å². The molecule has 0 radical (unpaired) electrons. The third-order valence-electron chi connectivity index (χ3n) is 2.45. The van der Waals surface area contributed by atoms with Gasteiger partial charge in [0.1, 0.15) is 0 Å². The fourth-order valence-electron chi connectivity index (χ4n) is 1.52. The fourth-order valence-corrected chi connectivity index (χ4v) is 1.83. The zero-order valence-corrected chi connectivity index (χ0v) is 10.4. The Morgan fingerprint density at radius 2 is 2.17 bits per heavy atom. The zero-order chi connectivity index (χ0) is 13.1. The maximum absolute atomic E-state index is 13.5. The average molecular weight is 273 g/mol. The van der Waals surface area contributed by atoms with Crippen molar-refractivity contribution in [2.75, 3.05) is 0 Å². The normalized spacial score (nSPS) is 12.7. The summed E-state index contributed by atoms with van der Waals surface area (Å²) < 4.78 is 31.5. The summed E-state index contributed by atoms with van der Waals surface area (Å²) in [4.78, 5) is 3.98. The van der Waals surface area contributed by atoms with Crippen LogP contribution in [0.1, 0.15) is 31.0 Å². The van der Waals surface area contributed by atoms with E-state index in [1.807, 2.05) is 6.92 Å². The second kappa shape index (κ2) is 5.44. The maximum Gasteiger partial charge on any atom is 0.261 e. The molecule has 3 nitrogen and oxygen atoms in total. The molecule has 18 heavy (non-hydrogen) atoms. The molecule has 1 atom stereocenters. The highest BCUT2D eigenvalue weighted by molar-refractivity contribution is 6.20. The Kier molecular flexibility index (Phi) is 3.91. The van der Waals surface area contributed by atoms with Gasteiger partial charge in [0.25, 0.3) is 5.89 Å². The topological polar surface area (TPSA) is 38.9 Å². The first-order valence-electron chi connectivity index (χ1n) is 5.55. The molecule has 0 N–H and O–H groups in total. The van der Waals surface area contributed by atoms with Gasteiger partial charge >= 0.3 is 0 Å². The van der Waals surface area contributed by atoms with Gasteiger partial charge in [-0.2, -0.15) is 4.98 Å². The van der Waals surface area contributed by atoms with Crippen LogP contribution in [-0.4, -0.2) is 10.1 Å². The minimum Gasteiger partial charge on any atom is -0.334 e. The van der Waals surface area contributed by atoms with Gasteiger partial charge in [-0.05, 0) is 18.6 Å². The Morgan fingerprint density at radius 3 is 2.89 bits per heavy atom. The third kappa shape index (κ3) is 2.51. The van der Waals surface area contributed by atoms with Gasteiger partial charge in [-0.3, -0.25) is 0 Å². The predicted molar refractivity (Wildman–Crippen MR) is 63.2 cm³/mol. The number of benzene rings is 1. The van der Waals surface area contributed by atoms with E-state index in [1.165, 1.54) is 12.1 Å². The SMILES string of the molecule is CCCC(Cl)c1noc(-c2cccc(F)c2F)n1. The monoisotopic (exact) mass is 272 g/mol. The summed E-state index contributed by atoms with van der Waals surface area (Å²) in [5.41, 5.74) is -0.0610. The van der Waals surface area contributed by atoms with Gasteiger partial charge in [0.15, 0.2) is 17.5 Å². The van der Waals surface area contributed by atoms with E-state index in [2.05, 4.69) is 10.1 Å². The lowest BCUT2D eigenvalue weighted by Crippen LogP contribution is -1.93. The largest absolute Gasteiger partial charge is 0.334 e. The Hall–Kier alpha value is -1.49. The molecule has 96 valence electrons. The first-order chi connectivity index (χ1) is 8.63. The van der Waals surface area contributed by atoms with Crippen LogP contribution < -0.4 is 0 Å². The van der Waals surface area contributed by atoms with Crippen molar-refractivity contribution < 1.29 is 13.3 Å². The number of hydrogen-bond acceptors (Lipinski definition) is 3. The first kappa shape index (κ1) is 13.0. The van der Waals surface area contributed by atoms with Crippen LogP contribution >= 0.6 is 11.6 Å². The van der Waals surface area contributed by atoms with Gasteiger partial charge in [-0.25, -0.2) is 8.78 Å². The predicted octanol–water partition coefficient (Wildman–Crippen LogP) is 4.09. The van der Waals surface area contributed by atoms with Crippen LogP contribution in [0.2, 0.25) is 0 Å². The molecule has 2 rings (SSSR count). The minimum atomic E-state index is -1.01. The molecular formula is C12H11ClF2N2O. The summed E-state index contributed by atoms with van der Waals surface area (Å²) in [6.07, 6.45) is 1.55. The minimum absolute atomic E-state index is 0.0610. The third-order valence-corrected chi connectivity index (χ3v) is 2.86. The van der Waals surface area contributed by atoms with Gasteiger partial charge in [-0.1, -0.05) is 24.6 Å². The Morgan fingerprint density at radius 1 is 1.39 bits per heavy atom. The van der Waals surface area contributed by atoms with Gasteiger partial charge < -0.3 is 4.52 Å². The quantitative estimate of drug-likeness (QED) is 0.787. The van der Waals surface area contributed by atoms with E-state index < -0.39 is 11.6 Å². The van der Waals surface area contributed by atoms with E-state index >= 15 is 0 Å². The molecule has 1 aromatic carbocycles. The highest BCUT2D eigenvalue weighted by Crippen LogP contribution is 2.27. The molecular weight excluding hydrogens is 262 g/mol. The number of rotatable bonds is 4. The molecule has 0 fully saturated rings. The summed E-state index contributed by atoms with van der Waals surface area (Å²) in [6, 6.07) is 3.78. The van der Waals surface area contributed by atoms with Gasteiger partial charge in [0.2, 0.25) is 0 Å². The lowest BCUT2D eigenvalue weighted by Gasteiger charge is -2.00. The van der Waals surface area contributed by atoms with E-state index in [9.17, 15) is 8.78 Å². The number of aromatic nitrogens is 2. The number of hydrogen-bond donors (Lipinski definition) is 0. The van der Waals surface area contributed by atoms with Crippen LogP contribution in [0.4, 0.5) is 8.78 Å². The number of halogens is 3. The average Bonchev–Trinajstić information content (AvgIpc) is 2.82. The van der Waals surface area contributed by atoms with Crippen LogP contribution in [0, 0.1) is 11.6 Å². The fraction of sp³-hybridized carbons (Fsp3) is 0.333. The summed E-state index contributed by atoms with van der Waals surface area (Å²) in [7, 11) is 0. The summed E-state index contributed by atoms with van der Waals surface area (Å²) >= 11 is 6.03. The molecule has 2 aromatic rings. The lowest BCUT2D eigenvalue weighted by molar-refractivity contribution is 0.416. The molecule has 6 heteroatoms. The van der Waals surface area contributed by atoms with Crippen LogP contribution in [0.5, 0.6) is 0 Å². The van der Waals surface area contributed by atoms with Gasteiger partial charge in [-0.15, -0.1) is 11.6 Å². The van der Waals surface area contributed by atoms with E-state index in [4.69, 9.17) is 16.1 Å². The second-order valence-electron chi connectivity index (χ2n) is 3.82. The molecule has 1 unspecified atom stereocenters. The molecule has 0 aliphatic rings. The van der Waals surface area contributed by atoms with Crippen molar-refractivity contribution in [3.8, 4) is 11.5 Å². The van der Waals surface area contributed by atoms with Crippen molar-refractivity contribution >= 4 is 11.6 Å². The van der Waals surface area contributed by atoms with Crippen LogP contribution in [0.3, 0.4) is 0 Å². The molecule has 0 aliphatic heterocycles. The molecule has 0 bridgehead atoms. The second-order valence-corrected chi connectivity index (χ2v) is 4.34. The van der Waals surface area contributed by atoms with Crippen LogP contribution in [-0.2, 0) is 0 Å². The smallest absolute Gasteiger partial charge is 0.261 e. The molecule has 1 aromatic heterocycles. The zero-order valence-electron chi connectivity index (χ0n) is 9.66. The summed E-state index contributed by atoms with van der Waals surface area (Å²) in [5.74, 6) is -1.74. The van der Waals surface area contributed by atoms with Crippen molar-refractivity contribution in [3.05, 3.63) is 35.7 Å². The Balaban J connectivity index is 2.32. The van der Waals surface area contributed by atoms with Crippen LogP contribution in [0.15, 0.2) is 22.7 Å². The lowest BCUT2D eigenvalue weighted by atomic mass is 10.2. The summed E-state index contributed by atoms with van der Waals surface area (Å²) in [6.45, 7) is 1.97. The number of nitrogens with zero attached hydrogens (tertiary/aromatic N) is 2. The van der Waals surface area contributed by atoms with Crippen molar-refractivity contribution in [1.29, 1.82) is 0 Å². The Bertz CT molecular complexity index is 545. The molecule has 0 aliphatic carbocycles. The molecule has 0 amide bonds. The van der Waals surface area contributed by atoms with Crippen molar-refractivity contribution in [2.45, 2.75) is 25.1 Å². The first-order valence-corrected chi connectivity index (χ1v) is 5.99. The standard InChI is InChI=1S/C12H11ClF2N2O/c1-2-4-8(13)11-16-12(18-17-11)7-5-3-6-9(14)10(7)15/h3,5-6,8H,2,4H2,1H3. The van der Waals surface area contributed by atoms with E-state index in [0.29, 0.717) is 6.42 Å². The molecule has 0 spiro atoms. The van der Waals surface area contributed by atoms with E-state index in [-0.39, 0.29) is 22.7 Å². The highest BCUT2D eigenvalue weighted by Gasteiger charge is 2.19. The number of alkyl halides is 1. The molecule has 1 heterocycles. The highest BCUT2D eigenvalue weighted by atomic mass is 35.5. The molecule has 0 saturated carbocycles. The molecule has 0 saturated heterocycles. The van der Waals surface area contributed by atoms with Crippen molar-refractivity contribution in [2.24, 2.45) is 0 Å². The van der Waals surface area contributed by atoms with Gasteiger partial charge in [0, 0.05) is 0 Å². The maximum atomic E-state index is 13.5. The van der Waals surface area contributed by atoms with Gasteiger partial charge in [0.05, 0.1) is 10.9 Å². The van der Waals surface area contributed by atoms with E-state index in [1.54, 1.807) is 0 Å².